The summed E-state index contributed by atoms with van der Waals surface area (Å²) in [4.78, 5) is 10.7. The molecule has 2 aromatic carbocycles. The molecule has 3 rings (SSSR count). The minimum atomic E-state index is -7.24. The summed E-state index contributed by atoms with van der Waals surface area (Å²) >= 11 is -2.17. The maximum atomic E-state index is 15.0. The normalized spacial score (nSPS) is 15.6. The highest BCUT2D eigenvalue weighted by atomic mass is 79.9. The molecule has 0 spiro atoms. The van der Waals surface area contributed by atoms with E-state index in [4.69, 9.17) is 0 Å². The molecule has 0 saturated carbocycles. The Labute approximate surface area is 225 Å². The van der Waals surface area contributed by atoms with Crippen LogP contribution in [0.2, 0.25) is 0 Å². The van der Waals surface area contributed by atoms with Crippen molar-refractivity contribution in [3.05, 3.63) is 69.5 Å². The van der Waals surface area contributed by atoms with Crippen LogP contribution in [-0.4, -0.2) is 34.2 Å². The predicted molar refractivity (Wildman–Crippen MR) is 117 cm³/mol. The Morgan fingerprint density at radius 1 is 0.875 bits per heavy atom. The van der Waals surface area contributed by atoms with Gasteiger partial charge in [0.2, 0.25) is 5.52 Å². The van der Waals surface area contributed by atoms with Crippen LogP contribution in [0.1, 0.15) is 15.9 Å². The highest BCUT2D eigenvalue weighted by molar-refractivity contribution is 9.10. The van der Waals surface area contributed by atoms with Gasteiger partial charge in [-0.1, -0.05) is 0 Å². The molecular weight excluding hydrogens is 668 g/mol. The van der Waals surface area contributed by atoms with E-state index in [9.17, 15) is 67.2 Å². The molecule has 1 amide bonds. The van der Waals surface area contributed by atoms with Crippen molar-refractivity contribution in [3.63, 3.8) is 0 Å². The number of hydrogen-bond donors (Lipinski definition) is 1. The Kier molecular flexibility index (Phi) is 8.03. The third kappa shape index (κ3) is 5.37. The number of anilines is 1. The van der Waals surface area contributed by atoms with Crippen molar-refractivity contribution in [2.75, 3.05) is 5.32 Å². The van der Waals surface area contributed by atoms with Crippen molar-refractivity contribution in [3.8, 4) is 0 Å². The highest BCUT2D eigenvalue weighted by Crippen LogP contribution is 2.59. The van der Waals surface area contributed by atoms with E-state index in [0.717, 1.165) is 18.3 Å². The zero-order valence-electron chi connectivity index (χ0n) is 18.6. The van der Waals surface area contributed by atoms with Gasteiger partial charge in [0.15, 0.2) is 11.1 Å². The number of alkyl halides is 12. The summed E-state index contributed by atoms with van der Waals surface area (Å²) in [5, 5.41) is 13.9. The van der Waals surface area contributed by atoms with Gasteiger partial charge in [-0.05, 0) is 40.2 Å². The Morgan fingerprint density at radius 2 is 1.48 bits per heavy atom. The van der Waals surface area contributed by atoms with Crippen LogP contribution in [0.4, 0.5) is 58.4 Å². The number of benzene rings is 2. The van der Waals surface area contributed by atoms with Crippen molar-refractivity contribution in [1.82, 2.24) is 0 Å². The van der Waals surface area contributed by atoms with Gasteiger partial charge in [-0.25, -0.2) is 4.39 Å². The number of amides is 1. The summed E-state index contributed by atoms with van der Waals surface area (Å²) in [6.45, 7) is 0. The van der Waals surface area contributed by atoms with Crippen molar-refractivity contribution < 1.29 is 66.8 Å². The zero-order valence-corrected chi connectivity index (χ0v) is 21.0. The van der Waals surface area contributed by atoms with E-state index in [2.05, 4.69) is 15.9 Å². The molecule has 1 N–H and O–H groups in total. The van der Waals surface area contributed by atoms with Crippen LogP contribution in [0.25, 0.3) is 10.9 Å². The average molecular weight is 677 g/mol. The number of hydrogen-bond acceptors (Lipinski definition) is 3. The average Bonchev–Trinajstić information content (AvgIpc) is 2.82. The fourth-order valence-corrected chi connectivity index (χ4v) is 4.92. The Balaban J connectivity index is 2.25. The molecule has 0 radical (unpaired) electrons. The summed E-state index contributed by atoms with van der Waals surface area (Å²) in [6.07, 6.45) is -13.2. The molecule has 0 saturated heterocycles. The van der Waals surface area contributed by atoms with E-state index >= 15 is 0 Å². The van der Waals surface area contributed by atoms with E-state index in [0.29, 0.717) is 4.73 Å². The van der Waals surface area contributed by atoms with E-state index in [1.807, 2.05) is 0 Å². The summed E-state index contributed by atoms with van der Waals surface area (Å²) in [6, 6.07) is 4.83. The van der Waals surface area contributed by atoms with Gasteiger partial charge >= 0.3 is 29.5 Å². The van der Waals surface area contributed by atoms with Crippen LogP contribution >= 0.6 is 15.9 Å². The molecule has 19 heteroatoms. The van der Waals surface area contributed by atoms with Gasteiger partial charge in [-0.2, -0.15) is 39.9 Å². The lowest BCUT2D eigenvalue weighted by atomic mass is 9.87. The van der Waals surface area contributed by atoms with E-state index in [1.165, 1.54) is 18.2 Å². The molecule has 2 atom stereocenters. The third-order valence-electron chi connectivity index (χ3n) is 5.31. The van der Waals surface area contributed by atoms with Gasteiger partial charge in [-0.15, -0.1) is 13.2 Å². The summed E-state index contributed by atoms with van der Waals surface area (Å²) < 4.78 is 173. The number of nitrogens with one attached hydrogen (secondary N) is 1. The van der Waals surface area contributed by atoms with Gasteiger partial charge < -0.3 is 15.1 Å². The largest absolute Gasteiger partial charge is 0.618 e. The maximum Gasteiger partial charge on any atom is 0.578 e. The van der Waals surface area contributed by atoms with Crippen LogP contribution in [0, 0.1) is 5.21 Å². The van der Waals surface area contributed by atoms with Crippen molar-refractivity contribution in [2.24, 2.45) is 0 Å². The van der Waals surface area contributed by atoms with Crippen molar-refractivity contribution in [2.45, 2.75) is 34.3 Å². The van der Waals surface area contributed by atoms with Crippen LogP contribution in [0.5, 0.6) is 0 Å². The Hall–Kier alpha value is -2.93. The van der Waals surface area contributed by atoms with Gasteiger partial charge in [0.25, 0.3) is 5.91 Å². The molecule has 0 aliphatic heterocycles. The van der Waals surface area contributed by atoms with Crippen molar-refractivity contribution in [1.29, 1.82) is 0 Å². The topological polar surface area (TPSA) is 79.1 Å². The SMILES string of the molecule is O=C(Nc1c(Br)cc(C(F)(C(F)(F)F)C(F)(F)C(F)(F)F)cc1[S+]([O-])C(F)(F)F)c1ccc2ccc[n+]([O-])c2c1. The number of aromatic nitrogens is 1. The number of carbonyl (C=O) groups is 1. The van der Waals surface area contributed by atoms with Crippen LogP contribution in [-0.2, 0) is 16.8 Å². The molecule has 1 aromatic heterocycles. The highest BCUT2D eigenvalue weighted by Gasteiger charge is 2.82. The molecule has 5 nitrogen and oxygen atoms in total. The number of pyridine rings is 1. The molecule has 0 bridgehead atoms. The smallest absolute Gasteiger partial charge is 0.578 e. The van der Waals surface area contributed by atoms with Crippen LogP contribution < -0.4 is 10.0 Å². The number of carbonyl (C=O) groups excluding carboxylic acids is 1. The predicted octanol–water partition coefficient (Wildman–Crippen LogP) is 7.04. The summed E-state index contributed by atoms with van der Waals surface area (Å²) in [7, 11) is 0. The second kappa shape index (κ2) is 10.2. The third-order valence-corrected chi connectivity index (χ3v) is 7.07. The van der Waals surface area contributed by atoms with Crippen molar-refractivity contribution >= 4 is 49.6 Å². The first-order valence-electron chi connectivity index (χ1n) is 10.00. The van der Waals surface area contributed by atoms with Gasteiger partial charge in [0.05, 0.1) is 0 Å². The van der Waals surface area contributed by atoms with Gasteiger partial charge in [0, 0.05) is 39.2 Å². The molecule has 0 aliphatic carbocycles. The lowest BCUT2D eigenvalue weighted by molar-refractivity contribution is -0.577. The number of halogens is 13. The number of rotatable bonds is 5. The number of fused-ring (bicyclic) bond motifs is 1. The monoisotopic (exact) mass is 676 g/mol. The first-order valence-corrected chi connectivity index (χ1v) is 11.9. The summed E-state index contributed by atoms with van der Waals surface area (Å²) in [5.41, 5.74) is -17.1. The first kappa shape index (κ1) is 31.6. The minimum Gasteiger partial charge on any atom is -0.618 e. The van der Waals surface area contributed by atoms with Crippen LogP contribution in [0.15, 0.2) is 58.0 Å². The van der Waals surface area contributed by atoms with Gasteiger partial charge in [0.1, 0.15) is 16.9 Å². The van der Waals surface area contributed by atoms with Gasteiger partial charge in [-0.3, -0.25) is 4.79 Å². The Morgan fingerprint density at radius 3 is 2.00 bits per heavy atom. The summed E-state index contributed by atoms with van der Waals surface area (Å²) in [5.74, 6) is -8.62. The van der Waals surface area contributed by atoms with E-state index < -0.39 is 78.8 Å². The fraction of sp³-hybridized carbons (Fsp3) is 0.238. The van der Waals surface area contributed by atoms with E-state index in [-0.39, 0.29) is 17.0 Å². The molecule has 1 heterocycles. The molecule has 40 heavy (non-hydrogen) atoms. The standard InChI is InChI=1S/C21H9BrF12N2O3S/c22-12-7-11(17(23,19(26,27)28)18(24,25)20(29,30)31)8-14(40(39)21(32,33)34)15(12)35-16(37)10-4-3-9-2-1-5-36(38)13(9)6-10/h1-8H,(H,35,37). The first-order chi connectivity index (χ1) is 18.0. The molecule has 3 aromatic rings. The molecular formula is C21H9BrF12N2O3S. The molecule has 218 valence electrons. The van der Waals surface area contributed by atoms with Crippen LogP contribution in [0.3, 0.4) is 0 Å². The second-order valence-electron chi connectivity index (χ2n) is 7.84. The second-order valence-corrected chi connectivity index (χ2v) is 10.1. The number of nitrogens with zero attached hydrogens (tertiary/aromatic N) is 1. The quantitative estimate of drug-likeness (QED) is 0.136. The lowest BCUT2D eigenvalue weighted by Gasteiger charge is -2.36. The lowest BCUT2D eigenvalue weighted by Crippen LogP contribution is -2.59. The maximum absolute atomic E-state index is 15.0. The fourth-order valence-electron chi connectivity index (χ4n) is 3.40. The molecule has 0 aliphatic rings. The zero-order chi connectivity index (χ0) is 30.6. The van der Waals surface area contributed by atoms with E-state index in [1.54, 1.807) is 5.32 Å². The Bertz CT molecular complexity index is 1460. The minimum absolute atomic E-state index is 0.134. The molecule has 0 fully saturated rings. The molecule has 2 unspecified atom stereocenters.